The third kappa shape index (κ3) is 3.71. The molecule has 9 heteroatoms. The second-order valence-electron chi connectivity index (χ2n) is 8.22. The van der Waals surface area contributed by atoms with Gasteiger partial charge in [-0.3, -0.25) is 14.4 Å². The standard InChI is InChI=1S/C21H25ClN4O4/c1-11-9-26(12(2)7-23-11)20(29)15-5-14-16(8-24-18(14)6-17(15)22)19(28)21(30)25-4-3-13(27)10-25/h5-6,8,11-13,23-24,27H,3-4,7,9-10H2,1-2H3/t11-,12+,13+/m0/s1. The predicted molar refractivity (Wildman–Crippen MR) is 113 cm³/mol. The van der Waals surface area contributed by atoms with Gasteiger partial charge in [0.25, 0.3) is 17.6 Å². The number of halogens is 1. The van der Waals surface area contributed by atoms with Gasteiger partial charge in [0.15, 0.2) is 0 Å². The van der Waals surface area contributed by atoms with Crippen molar-refractivity contribution in [2.75, 3.05) is 26.2 Å². The zero-order valence-corrected chi connectivity index (χ0v) is 17.7. The Hall–Kier alpha value is -2.42. The summed E-state index contributed by atoms with van der Waals surface area (Å²) in [6.45, 7) is 5.74. The summed E-state index contributed by atoms with van der Waals surface area (Å²) in [5, 5.41) is 13.8. The van der Waals surface area contributed by atoms with Gasteiger partial charge in [-0.1, -0.05) is 11.6 Å². The number of rotatable bonds is 3. The molecule has 1 aromatic heterocycles. The molecule has 2 aliphatic heterocycles. The number of benzene rings is 1. The quantitative estimate of drug-likeness (QED) is 0.502. The van der Waals surface area contributed by atoms with Crippen LogP contribution < -0.4 is 5.32 Å². The van der Waals surface area contributed by atoms with Crippen molar-refractivity contribution in [1.29, 1.82) is 0 Å². The average molecular weight is 433 g/mol. The van der Waals surface area contributed by atoms with Crippen LogP contribution in [-0.2, 0) is 4.79 Å². The molecule has 160 valence electrons. The van der Waals surface area contributed by atoms with Crippen molar-refractivity contribution >= 4 is 40.1 Å². The number of H-pyrrole nitrogens is 1. The van der Waals surface area contributed by atoms with E-state index in [1.165, 1.54) is 11.1 Å². The molecule has 4 rings (SSSR count). The monoisotopic (exact) mass is 432 g/mol. The van der Waals surface area contributed by atoms with Crippen molar-refractivity contribution in [3.8, 4) is 0 Å². The Balaban J connectivity index is 1.66. The molecule has 3 atom stereocenters. The lowest BCUT2D eigenvalue weighted by Crippen LogP contribution is -2.56. The normalized spacial score (nSPS) is 24.5. The van der Waals surface area contributed by atoms with Gasteiger partial charge in [0.2, 0.25) is 0 Å². The van der Waals surface area contributed by atoms with E-state index in [1.54, 1.807) is 17.0 Å². The number of aromatic amines is 1. The van der Waals surface area contributed by atoms with Crippen LogP contribution in [0.4, 0.5) is 0 Å². The van der Waals surface area contributed by atoms with Gasteiger partial charge >= 0.3 is 0 Å². The van der Waals surface area contributed by atoms with E-state index in [2.05, 4.69) is 10.3 Å². The van der Waals surface area contributed by atoms with Crippen LogP contribution >= 0.6 is 11.6 Å². The van der Waals surface area contributed by atoms with E-state index in [0.717, 1.165) is 0 Å². The number of likely N-dealkylation sites (tertiary alicyclic amines) is 1. The maximum absolute atomic E-state index is 13.2. The van der Waals surface area contributed by atoms with Gasteiger partial charge < -0.3 is 25.2 Å². The summed E-state index contributed by atoms with van der Waals surface area (Å²) in [7, 11) is 0. The lowest BCUT2D eigenvalue weighted by molar-refractivity contribution is -0.125. The molecule has 0 aliphatic carbocycles. The van der Waals surface area contributed by atoms with Crippen LogP contribution in [0.25, 0.3) is 10.9 Å². The third-order valence-electron chi connectivity index (χ3n) is 5.91. The fraction of sp³-hybridized carbons (Fsp3) is 0.476. The lowest BCUT2D eigenvalue weighted by atomic mass is 10.0. The van der Waals surface area contributed by atoms with Crippen molar-refractivity contribution in [2.24, 2.45) is 0 Å². The topological polar surface area (TPSA) is 106 Å². The van der Waals surface area contributed by atoms with E-state index in [9.17, 15) is 19.5 Å². The molecular weight excluding hydrogens is 408 g/mol. The first-order chi connectivity index (χ1) is 14.3. The molecular formula is C21H25ClN4O4. The first kappa shape index (κ1) is 20.8. The van der Waals surface area contributed by atoms with Crippen LogP contribution in [0, 0.1) is 0 Å². The molecule has 0 unspecified atom stereocenters. The number of β-amino-alcohol motifs (C(OH)–C–C–N with tert-alkyl or cyclic N) is 1. The van der Waals surface area contributed by atoms with Crippen molar-refractivity contribution in [1.82, 2.24) is 20.1 Å². The van der Waals surface area contributed by atoms with E-state index < -0.39 is 17.8 Å². The number of piperazine rings is 1. The zero-order valence-electron chi connectivity index (χ0n) is 16.9. The molecule has 0 radical (unpaired) electrons. The summed E-state index contributed by atoms with van der Waals surface area (Å²) >= 11 is 6.40. The molecule has 2 aromatic rings. The highest BCUT2D eigenvalue weighted by Crippen LogP contribution is 2.29. The highest BCUT2D eigenvalue weighted by atomic mass is 35.5. The third-order valence-corrected chi connectivity index (χ3v) is 6.23. The number of hydrogen-bond donors (Lipinski definition) is 3. The number of nitrogens with zero attached hydrogens (tertiary/aromatic N) is 2. The van der Waals surface area contributed by atoms with Crippen molar-refractivity contribution in [3.63, 3.8) is 0 Å². The fourth-order valence-electron chi connectivity index (χ4n) is 4.14. The number of Topliss-reactive ketones (excluding diaryl/α,β-unsaturated/α-hetero) is 1. The second kappa shape index (κ2) is 8.02. The minimum Gasteiger partial charge on any atom is -0.391 e. The number of nitrogens with one attached hydrogen (secondary N) is 2. The Labute approximate surface area is 179 Å². The molecule has 0 spiro atoms. The summed E-state index contributed by atoms with van der Waals surface area (Å²) in [5.74, 6) is -1.52. The van der Waals surface area contributed by atoms with Crippen molar-refractivity contribution in [2.45, 2.75) is 38.5 Å². The van der Waals surface area contributed by atoms with Crippen LogP contribution in [0.15, 0.2) is 18.3 Å². The van der Waals surface area contributed by atoms with Crippen LogP contribution in [0.2, 0.25) is 5.02 Å². The summed E-state index contributed by atoms with van der Waals surface area (Å²) in [6.07, 6.45) is 1.33. The van der Waals surface area contributed by atoms with Crippen LogP contribution in [-0.4, -0.2) is 81.9 Å². The molecule has 2 amide bonds. The van der Waals surface area contributed by atoms with E-state index >= 15 is 0 Å². The van der Waals surface area contributed by atoms with Crippen molar-refractivity contribution < 1.29 is 19.5 Å². The van der Waals surface area contributed by atoms with E-state index in [0.29, 0.717) is 47.5 Å². The molecule has 0 saturated carbocycles. The minimum absolute atomic E-state index is 0.0102. The summed E-state index contributed by atoms with van der Waals surface area (Å²) in [6, 6.07) is 3.39. The maximum atomic E-state index is 13.2. The Morgan fingerprint density at radius 1 is 1.17 bits per heavy atom. The molecule has 2 saturated heterocycles. The average Bonchev–Trinajstić information content (AvgIpc) is 3.33. The first-order valence-electron chi connectivity index (χ1n) is 10.1. The molecule has 3 N–H and O–H groups in total. The number of aromatic nitrogens is 1. The van der Waals surface area contributed by atoms with Crippen LogP contribution in [0.3, 0.4) is 0 Å². The minimum atomic E-state index is -0.666. The molecule has 2 aliphatic rings. The zero-order chi connectivity index (χ0) is 21.6. The number of hydrogen-bond acceptors (Lipinski definition) is 5. The fourth-order valence-corrected chi connectivity index (χ4v) is 4.38. The number of ketones is 1. The number of fused-ring (bicyclic) bond motifs is 1. The molecule has 1 aromatic carbocycles. The van der Waals surface area contributed by atoms with Gasteiger partial charge in [-0.25, -0.2) is 0 Å². The van der Waals surface area contributed by atoms with Gasteiger partial charge in [0, 0.05) is 55.4 Å². The Kier molecular flexibility index (Phi) is 5.57. The first-order valence-corrected chi connectivity index (χ1v) is 10.5. The molecule has 8 nitrogen and oxygen atoms in total. The highest BCUT2D eigenvalue weighted by Gasteiger charge is 2.32. The smallest absolute Gasteiger partial charge is 0.295 e. The van der Waals surface area contributed by atoms with Gasteiger partial charge in [-0.2, -0.15) is 0 Å². The summed E-state index contributed by atoms with van der Waals surface area (Å²) < 4.78 is 0. The maximum Gasteiger partial charge on any atom is 0.295 e. The van der Waals surface area contributed by atoms with Gasteiger partial charge in [0.05, 0.1) is 22.3 Å². The molecule has 3 heterocycles. The van der Waals surface area contributed by atoms with Gasteiger partial charge in [0.1, 0.15) is 0 Å². The SMILES string of the molecule is C[C@@H]1CN[C@@H](C)CN1C(=O)c1cc2c(C(=O)C(=O)N3CC[C@@H](O)C3)c[nH]c2cc1Cl. The molecule has 2 fully saturated rings. The van der Waals surface area contributed by atoms with Gasteiger partial charge in [-0.05, 0) is 32.4 Å². The Morgan fingerprint density at radius 3 is 2.63 bits per heavy atom. The Bertz CT molecular complexity index is 1020. The number of carbonyl (C=O) groups excluding carboxylic acids is 3. The summed E-state index contributed by atoms with van der Waals surface area (Å²) in [4.78, 5) is 44.8. The number of amides is 2. The second-order valence-corrected chi connectivity index (χ2v) is 8.63. The predicted octanol–water partition coefficient (Wildman–Crippen LogP) is 1.42. The Morgan fingerprint density at radius 2 is 1.93 bits per heavy atom. The van der Waals surface area contributed by atoms with Crippen molar-refractivity contribution in [3.05, 3.63) is 34.5 Å². The molecule has 0 bridgehead atoms. The largest absolute Gasteiger partial charge is 0.391 e. The van der Waals surface area contributed by atoms with Gasteiger partial charge in [-0.15, -0.1) is 0 Å². The molecule has 30 heavy (non-hydrogen) atoms. The highest BCUT2D eigenvalue weighted by molar-refractivity contribution is 6.45. The number of aliphatic hydroxyl groups is 1. The summed E-state index contributed by atoms with van der Waals surface area (Å²) in [5.41, 5.74) is 1.09. The van der Waals surface area contributed by atoms with E-state index in [1.807, 2.05) is 13.8 Å². The van der Waals surface area contributed by atoms with E-state index in [4.69, 9.17) is 11.6 Å². The number of aliphatic hydroxyl groups excluding tert-OH is 1. The van der Waals surface area contributed by atoms with Crippen LogP contribution in [0.5, 0.6) is 0 Å². The number of carbonyl (C=O) groups is 3. The lowest BCUT2D eigenvalue weighted by Gasteiger charge is -2.37. The van der Waals surface area contributed by atoms with E-state index in [-0.39, 0.29) is 30.1 Å². The van der Waals surface area contributed by atoms with Crippen LogP contribution in [0.1, 0.15) is 41.0 Å².